The lowest BCUT2D eigenvalue weighted by Gasteiger charge is -2.39. The molecule has 1 saturated heterocycles. The van der Waals surface area contributed by atoms with E-state index < -0.39 is 28.8 Å². The number of halogens is 1. The van der Waals surface area contributed by atoms with Crippen LogP contribution < -0.4 is 0 Å². The van der Waals surface area contributed by atoms with Crippen LogP contribution in [-0.4, -0.2) is 50.6 Å². The highest BCUT2D eigenvalue weighted by Gasteiger charge is 2.43. The molecule has 1 aliphatic heterocycles. The fraction of sp³-hybridized carbons (Fsp3) is 0.429. The van der Waals surface area contributed by atoms with Gasteiger partial charge >= 0.3 is 0 Å². The Morgan fingerprint density at radius 3 is 2.22 bits per heavy atom. The van der Waals surface area contributed by atoms with E-state index in [-0.39, 0.29) is 6.61 Å². The number of aliphatic hydroxyl groups excluding tert-OH is 4. The summed E-state index contributed by atoms with van der Waals surface area (Å²) in [7, 11) is 0. The minimum atomic E-state index is -1.30. The summed E-state index contributed by atoms with van der Waals surface area (Å²) in [4.78, 5) is 0. The van der Waals surface area contributed by atoms with Crippen molar-refractivity contribution in [3.63, 3.8) is 0 Å². The zero-order valence-corrected chi connectivity index (χ0v) is 16.7. The molecule has 0 aliphatic carbocycles. The fourth-order valence-corrected chi connectivity index (χ4v) is 4.99. The summed E-state index contributed by atoms with van der Waals surface area (Å²) < 4.78 is 0. The molecule has 0 radical (unpaired) electrons. The molecule has 2 aromatic rings. The summed E-state index contributed by atoms with van der Waals surface area (Å²) in [5.41, 5.74) is 4.18. The van der Waals surface area contributed by atoms with Crippen molar-refractivity contribution >= 4 is 23.4 Å². The van der Waals surface area contributed by atoms with Gasteiger partial charge in [-0.2, -0.15) is 0 Å². The molecule has 0 spiro atoms. The molecule has 0 aromatic heterocycles. The van der Waals surface area contributed by atoms with Gasteiger partial charge in [-0.3, -0.25) is 0 Å². The van der Waals surface area contributed by atoms with E-state index in [2.05, 4.69) is 31.2 Å². The predicted octanol–water partition coefficient (Wildman–Crippen LogP) is 2.72. The Labute approximate surface area is 168 Å². The number of hydrogen-bond acceptors (Lipinski definition) is 5. The monoisotopic (exact) mass is 408 g/mol. The second-order valence-electron chi connectivity index (χ2n) is 6.95. The second-order valence-corrected chi connectivity index (χ2v) is 8.74. The quantitative estimate of drug-likeness (QED) is 0.611. The van der Waals surface area contributed by atoms with Crippen molar-refractivity contribution in [3.05, 3.63) is 69.7 Å². The molecule has 0 bridgehead atoms. The van der Waals surface area contributed by atoms with E-state index in [0.29, 0.717) is 11.4 Å². The Bertz CT molecular complexity index is 765. The first-order valence-electron chi connectivity index (χ1n) is 9.11. The van der Waals surface area contributed by atoms with E-state index >= 15 is 0 Å². The first-order chi connectivity index (χ1) is 12.9. The Morgan fingerprint density at radius 1 is 0.926 bits per heavy atom. The van der Waals surface area contributed by atoms with Gasteiger partial charge in [-0.25, -0.2) is 0 Å². The van der Waals surface area contributed by atoms with Crippen LogP contribution in [0.4, 0.5) is 0 Å². The van der Waals surface area contributed by atoms with E-state index in [1.54, 1.807) is 6.07 Å². The van der Waals surface area contributed by atoms with Crippen LogP contribution in [0, 0.1) is 0 Å². The molecular weight excluding hydrogens is 384 g/mol. The van der Waals surface area contributed by atoms with Gasteiger partial charge < -0.3 is 20.4 Å². The van der Waals surface area contributed by atoms with E-state index in [4.69, 9.17) is 11.6 Å². The Balaban J connectivity index is 1.85. The first-order valence-corrected chi connectivity index (χ1v) is 10.4. The summed E-state index contributed by atoms with van der Waals surface area (Å²) >= 11 is 7.67. The van der Waals surface area contributed by atoms with Crippen molar-refractivity contribution in [1.82, 2.24) is 0 Å². The van der Waals surface area contributed by atoms with Gasteiger partial charge in [-0.05, 0) is 41.2 Å². The normalized spacial score (nSPS) is 28.3. The highest BCUT2D eigenvalue weighted by molar-refractivity contribution is 8.00. The third kappa shape index (κ3) is 4.50. The molecule has 4 nitrogen and oxygen atoms in total. The molecular formula is C21H25ClO4S. The molecule has 3 rings (SSSR count). The molecule has 6 heteroatoms. The van der Waals surface area contributed by atoms with E-state index in [9.17, 15) is 20.4 Å². The van der Waals surface area contributed by atoms with Gasteiger partial charge in [0.2, 0.25) is 0 Å². The van der Waals surface area contributed by atoms with Gasteiger partial charge in [0.15, 0.2) is 0 Å². The molecule has 1 unspecified atom stereocenters. The van der Waals surface area contributed by atoms with Gasteiger partial charge in [0, 0.05) is 5.02 Å². The summed E-state index contributed by atoms with van der Waals surface area (Å²) in [6, 6.07) is 14.0. The van der Waals surface area contributed by atoms with Gasteiger partial charge in [-0.1, -0.05) is 54.9 Å². The summed E-state index contributed by atoms with van der Waals surface area (Å²) in [5.74, 6) is 0. The third-order valence-corrected chi connectivity index (χ3v) is 7.11. The summed E-state index contributed by atoms with van der Waals surface area (Å²) in [6.07, 6.45) is -1.92. The molecule has 2 aromatic carbocycles. The van der Waals surface area contributed by atoms with Crippen molar-refractivity contribution in [1.29, 1.82) is 0 Å². The Hall–Kier alpha value is -1.08. The predicted molar refractivity (Wildman–Crippen MR) is 109 cm³/mol. The number of benzene rings is 2. The van der Waals surface area contributed by atoms with Crippen molar-refractivity contribution in [2.24, 2.45) is 0 Å². The average molecular weight is 409 g/mol. The molecule has 1 aliphatic rings. The second kappa shape index (κ2) is 8.95. The maximum absolute atomic E-state index is 10.4. The maximum Gasteiger partial charge on any atom is 0.108 e. The van der Waals surface area contributed by atoms with Crippen LogP contribution in [0.25, 0.3) is 0 Å². The number of thioether (sulfide) groups is 1. The largest absolute Gasteiger partial charge is 0.395 e. The zero-order valence-electron chi connectivity index (χ0n) is 15.1. The zero-order chi connectivity index (χ0) is 19.6. The van der Waals surface area contributed by atoms with Gasteiger partial charge in [-0.15, -0.1) is 11.8 Å². The molecule has 146 valence electrons. The van der Waals surface area contributed by atoms with E-state index in [0.717, 1.165) is 23.1 Å². The number of aryl methyl sites for hydroxylation is 1. The number of hydrogen-bond donors (Lipinski definition) is 4. The number of rotatable bonds is 5. The molecule has 1 heterocycles. The molecule has 0 saturated carbocycles. The molecule has 4 N–H and O–H groups in total. The van der Waals surface area contributed by atoms with Crippen LogP contribution in [0.5, 0.6) is 0 Å². The smallest absolute Gasteiger partial charge is 0.108 e. The van der Waals surface area contributed by atoms with Crippen LogP contribution >= 0.6 is 23.4 Å². The summed E-state index contributed by atoms with van der Waals surface area (Å²) in [5, 5.41) is 39.7. The van der Waals surface area contributed by atoms with Gasteiger partial charge in [0.05, 0.1) is 29.3 Å². The van der Waals surface area contributed by atoms with E-state index in [1.165, 1.54) is 17.3 Å². The van der Waals surface area contributed by atoms with Crippen LogP contribution in [0.2, 0.25) is 5.02 Å². The van der Waals surface area contributed by atoms with Crippen LogP contribution in [0.3, 0.4) is 0 Å². The molecule has 27 heavy (non-hydrogen) atoms. The minimum absolute atomic E-state index is 0.268. The first kappa shape index (κ1) is 20.6. The Kier molecular flexibility index (Phi) is 6.84. The average Bonchev–Trinajstić information content (AvgIpc) is 2.69. The SMILES string of the molecule is CCc1ccc(Cc2cc([C@@H]3S[C@H](CO)[C@@H](O)[C@H](O)C3O)ccc2Cl)cc1. The molecule has 1 fully saturated rings. The third-order valence-electron chi connectivity index (χ3n) is 5.12. The van der Waals surface area contributed by atoms with Crippen LogP contribution in [-0.2, 0) is 12.8 Å². The minimum Gasteiger partial charge on any atom is -0.395 e. The number of aliphatic hydroxyl groups is 4. The lowest BCUT2D eigenvalue weighted by Crippen LogP contribution is -2.51. The highest BCUT2D eigenvalue weighted by atomic mass is 35.5. The van der Waals surface area contributed by atoms with Crippen molar-refractivity contribution in [2.45, 2.75) is 48.6 Å². The van der Waals surface area contributed by atoms with Gasteiger partial charge in [0.1, 0.15) is 6.10 Å². The van der Waals surface area contributed by atoms with Crippen molar-refractivity contribution in [3.8, 4) is 0 Å². The van der Waals surface area contributed by atoms with Crippen molar-refractivity contribution in [2.75, 3.05) is 6.61 Å². The topological polar surface area (TPSA) is 80.9 Å². The van der Waals surface area contributed by atoms with Crippen molar-refractivity contribution < 1.29 is 20.4 Å². The lowest BCUT2D eigenvalue weighted by atomic mass is 9.94. The Morgan fingerprint density at radius 2 is 1.59 bits per heavy atom. The fourth-order valence-electron chi connectivity index (χ4n) is 3.40. The highest BCUT2D eigenvalue weighted by Crippen LogP contribution is 2.43. The van der Waals surface area contributed by atoms with Gasteiger partial charge in [0.25, 0.3) is 0 Å². The lowest BCUT2D eigenvalue weighted by molar-refractivity contribution is -0.0700. The summed E-state index contributed by atoms with van der Waals surface area (Å²) in [6.45, 7) is 1.85. The standard InChI is InChI=1S/C21H25ClO4S/c1-2-12-3-5-13(6-4-12)9-15-10-14(7-8-16(15)22)21-20(26)19(25)18(24)17(11-23)27-21/h3-8,10,17-21,23-26H,2,9,11H2,1H3/t17-,18-,19+,20?,21+/m1/s1. The molecule has 0 amide bonds. The van der Waals surface area contributed by atoms with Crippen LogP contribution in [0.1, 0.15) is 34.4 Å². The maximum atomic E-state index is 10.4. The van der Waals surface area contributed by atoms with E-state index in [1.807, 2.05) is 12.1 Å². The van der Waals surface area contributed by atoms with Crippen LogP contribution in [0.15, 0.2) is 42.5 Å². The molecule has 5 atom stereocenters.